The second-order valence-electron chi connectivity index (χ2n) is 4.73. The molecule has 0 unspecified atom stereocenters. The molecule has 8 nitrogen and oxygen atoms in total. The van der Waals surface area contributed by atoms with Crippen LogP contribution in [0.15, 0.2) is 34.2 Å². The molecular formula is C14H17N5O3S. The van der Waals surface area contributed by atoms with E-state index in [0.29, 0.717) is 11.5 Å². The SMILES string of the molecule is CC[C@H](C)NC(=O)NC(=O)CSc1nnc(-c2cccnc2)o1. The predicted molar refractivity (Wildman–Crippen MR) is 84.7 cm³/mol. The van der Waals surface area contributed by atoms with Gasteiger partial charge in [0.15, 0.2) is 0 Å². The van der Waals surface area contributed by atoms with Crippen molar-refractivity contribution in [1.29, 1.82) is 0 Å². The molecule has 2 aromatic heterocycles. The maximum absolute atomic E-state index is 11.7. The van der Waals surface area contributed by atoms with E-state index in [4.69, 9.17) is 4.42 Å². The number of pyridine rings is 1. The quantitative estimate of drug-likeness (QED) is 0.775. The van der Waals surface area contributed by atoms with Crippen molar-refractivity contribution in [2.45, 2.75) is 31.5 Å². The largest absolute Gasteiger partial charge is 0.411 e. The molecular weight excluding hydrogens is 318 g/mol. The standard InChI is InChI=1S/C14H17N5O3S/c1-3-9(2)16-13(21)17-11(20)8-23-14-19-18-12(22-14)10-5-4-6-15-7-10/h4-7,9H,3,8H2,1-2H3,(H2,16,17,20,21)/t9-/m0/s1. The van der Waals surface area contributed by atoms with Crippen molar-refractivity contribution in [2.75, 3.05) is 5.75 Å². The van der Waals surface area contributed by atoms with Gasteiger partial charge in [-0.2, -0.15) is 0 Å². The molecule has 2 aromatic rings. The number of carbonyl (C=O) groups is 2. The second kappa shape index (κ2) is 8.28. The molecule has 0 spiro atoms. The summed E-state index contributed by atoms with van der Waals surface area (Å²) in [5.41, 5.74) is 0.698. The summed E-state index contributed by atoms with van der Waals surface area (Å²) in [6.07, 6.45) is 4.04. The second-order valence-corrected chi connectivity index (χ2v) is 5.66. The van der Waals surface area contributed by atoms with Gasteiger partial charge in [-0.25, -0.2) is 4.79 Å². The normalized spacial score (nSPS) is 11.7. The molecule has 122 valence electrons. The minimum absolute atomic E-state index is 0.00258. The summed E-state index contributed by atoms with van der Waals surface area (Å²) < 4.78 is 5.43. The van der Waals surface area contributed by atoms with Gasteiger partial charge in [-0.3, -0.25) is 15.1 Å². The molecule has 2 rings (SSSR count). The van der Waals surface area contributed by atoms with Crippen LogP contribution in [0.5, 0.6) is 0 Å². The fraction of sp³-hybridized carbons (Fsp3) is 0.357. The Bertz CT molecular complexity index is 661. The lowest BCUT2D eigenvalue weighted by molar-refractivity contribution is -0.117. The average Bonchev–Trinajstić information content (AvgIpc) is 3.02. The molecule has 0 aliphatic heterocycles. The first-order chi connectivity index (χ1) is 11.1. The van der Waals surface area contributed by atoms with Gasteiger partial charge in [-0.05, 0) is 25.5 Å². The molecule has 0 radical (unpaired) electrons. The maximum atomic E-state index is 11.7. The van der Waals surface area contributed by atoms with Crippen LogP contribution in [0.25, 0.3) is 11.5 Å². The van der Waals surface area contributed by atoms with Crippen LogP contribution in [0.1, 0.15) is 20.3 Å². The van der Waals surface area contributed by atoms with Crippen molar-refractivity contribution in [3.05, 3.63) is 24.5 Å². The third kappa shape index (κ3) is 5.37. The fourth-order valence-corrected chi connectivity index (χ4v) is 2.09. The summed E-state index contributed by atoms with van der Waals surface area (Å²) in [4.78, 5) is 27.2. The zero-order chi connectivity index (χ0) is 16.7. The number of amides is 3. The number of imide groups is 1. The van der Waals surface area contributed by atoms with E-state index in [-0.39, 0.29) is 17.0 Å². The minimum atomic E-state index is -0.508. The molecule has 23 heavy (non-hydrogen) atoms. The lowest BCUT2D eigenvalue weighted by Gasteiger charge is -2.11. The van der Waals surface area contributed by atoms with Crippen LogP contribution < -0.4 is 10.6 Å². The Balaban J connectivity index is 1.81. The zero-order valence-electron chi connectivity index (χ0n) is 12.8. The Kier molecular flexibility index (Phi) is 6.10. The van der Waals surface area contributed by atoms with E-state index in [2.05, 4.69) is 25.8 Å². The number of carbonyl (C=O) groups excluding carboxylic acids is 2. The van der Waals surface area contributed by atoms with Gasteiger partial charge in [0, 0.05) is 18.4 Å². The maximum Gasteiger partial charge on any atom is 0.321 e. The van der Waals surface area contributed by atoms with Crippen molar-refractivity contribution in [3.63, 3.8) is 0 Å². The number of urea groups is 1. The van der Waals surface area contributed by atoms with E-state index >= 15 is 0 Å². The summed E-state index contributed by atoms with van der Waals surface area (Å²) >= 11 is 1.06. The van der Waals surface area contributed by atoms with Crippen molar-refractivity contribution < 1.29 is 14.0 Å². The Morgan fingerprint density at radius 1 is 1.39 bits per heavy atom. The third-order valence-corrected chi connectivity index (χ3v) is 3.70. The monoisotopic (exact) mass is 335 g/mol. The molecule has 0 fully saturated rings. The highest BCUT2D eigenvalue weighted by atomic mass is 32.2. The van der Waals surface area contributed by atoms with E-state index in [1.165, 1.54) is 0 Å². The highest BCUT2D eigenvalue weighted by molar-refractivity contribution is 7.99. The van der Waals surface area contributed by atoms with Gasteiger partial charge < -0.3 is 9.73 Å². The number of nitrogens with zero attached hydrogens (tertiary/aromatic N) is 3. The molecule has 3 amide bonds. The number of hydrogen-bond donors (Lipinski definition) is 2. The van der Waals surface area contributed by atoms with Crippen LogP contribution in [-0.4, -0.2) is 38.9 Å². The molecule has 0 saturated heterocycles. The van der Waals surface area contributed by atoms with E-state index in [1.54, 1.807) is 24.5 Å². The number of hydrogen-bond acceptors (Lipinski definition) is 7. The Morgan fingerprint density at radius 2 is 2.22 bits per heavy atom. The van der Waals surface area contributed by atoms with Gasteiger partial charge in [0.2, 0.25) is 11.8 Å². The lowest BCUT2D eigenvalue weighted by atomic mass is 10.3. The zero-order valence-corrected chi connectivity index (χ0v) is 13.6. The van der Waals surface area contributed by atoms with E-state index in [1.807, 2.05) is 13.8 Å². The van der Waals surface area contributed by atoms with Gasteiger partial charge in [-0.15, -0.1) is 10.2 Å². The topological polar surface area (TPSA) is 110 Å². The van der Waals surface area contributed by atoms with Crippen LogP contribution in [-0.2, 0) is 4.79 Å². The van der Waals surface area contributed by atoms with E-state index < -0.39 is 11.9 Å². The van der Waals surface area contributed by atoms with E-state index in [9.17, 15) is 9.59 Å². The fourth-order valence-electron chi connectivity index (χ4n) is 1.53. The van der Waals surface area contributed by atoms with Crippen LogP contribution in [0.4, 0.5) is 4.79 Å². The Hall–Kier alpha value is -2.42. The molecule has 0 aliphatic rings. The molecule has 2 N–H and O–H groups in total. The summed E-state index contributed by atoms with van der Waals surface area (Å²) in [6.45, 7) is 3.80. The van der Waals surface area contributed by atoms with Gasteiger partial charge in [0.25, 0.3) is 5.22 Å². The molecule has 0 aliphatic carbocycles. The summed E-state index contributed by atoms with van der Waals surface area (Å²) in [7, 11) is 0. The Labute approximate surface area is 137 Å². The molecule has 0 aromatic carbocycles. The highest BCUT2D eigenvalue weighted by Gasteiger charge is 2.13. The van der Waals surface area contributed by atoms with Crippen LogP contribution in [0.2, 0.25) is 0 Å². The summed E-state index contributed by atoms with van der Waals surface area (Å²) in [5, 5.41) is 12.9. The van der Waals surface area contributed by atoms with Gasteiger partial charge in [-0.1, -0.05) is 18.7 Å². The van der Waals surface area contributed by atoms with Crippen LogP contribution in [0, 0.1) is 0 Å². The smallest absolute Gasteiger partial charge is 0.321 e. The summed E-state index contributed by atoms with van der Waals surface area (Å²) in [5.74, 6) is -0.102. The molecule has 9 heteroatoms. The Morgan fingerprint density at radius 3 is 2.91 bits per heavy atom. The van der Waals surface area contributed by atoms with Crippen molar-refractivity contribution in [3.8, 4) is 11.5 Å². The van der Waals surface area contributed by atoms with Crippen LogP contribution >= 0.6 is 11.8 Å². The van der Waals surface area contributed by atoms with Crippen molar-refractivity contribution in [1.82, 2.24) is 25.8 Å². The number of thioether (sulfide) groups is 1. The average molecular weight is 335 g/mol. The third-order valence-electron chi connectivity index (χ3n) is 2.88. The van der Waals surface area contributed by atoms with Crippen molar-refractivity contribution in [2.24, 2.45) is 0 Å². The molecule has 1 atom stereocenters. The van der Waals surface area contributed by atoms with Gasteiger partial charge in [0.1, 0.15) is 0 Å². The first-order valence-corrected chi connectivity index (χ1v) is 8.04. The minimum Gasteiger partial charge on any atom is -0.411 e. The first-order valence-electron chi connectivity index (χ1n) is 7.05. The number of aromatic nitrogens is 3. The first kappa shape index (κ1) is 16.9. The molecule has 2 heterocycles. The molecule has 0 saturated carbocycles. The number of nitrogens with one attached hydrogen (secondary N) is 2. The van der Waals surface area contributed by atoms with E-state index in [0.717, 1.165) is 18.2 Å². The van der Waals surface area contributed by atoms with Gasteiger partial charge in [0.05, 0.1) is 11.3 Å². The highest BCUT2D eigenvalue weighted by Crippen LogP contribution is 2.22. The van der Waals surface area contributed by atoms with Crippen molar-refractivity contribution >= 4 is 23.7 Å². The van der Waals surface area contributed by atoms with Gasteiger partial charge >= 0.3 is 6.03 Å². The number of rotatable bonds is 6. The van der Waals surface area contributed by atoms with Crippen LogP contribution in [0.3, 0.4) is 0 Å². The predicted octanol–water partition coefficient (Wildman–Crippen LogP) is 1.85. The molecule has 0 bridgehead atoms. The lowest BCUT2D eigenvalue weighted by Crippen LogP contribution is -2.43. The summed E-state index contributed by atoms with van der Waals surface area (Å²) in [6, 6.07) is 3.05.